The second kappa shape index (κ2) is 10.7. The molecule has 1 aliphatic rings. The molecule has 1 aliphatic carbocycles. The van der Waals surface area contributed by atoms with Crippen LogP contribution in [0.5, 0.6) is 0 Å². The minimum atomic E-state index is -3.48. The molecule has 0 bridgehead atoms. The highest BCUT2D eigenvalue weighted by Crippen LogP contribution is 2.46. The molecule has 0 atom stereocenters. The summed E-state index contributed by atoms with van der Waals surface area (Å²) in [7, 11) is -3.48. The number of aryl methyl sites for hydroxylation is 1. The number of ketones is 1. The Hall–Kier alpha value is -4.42. The van der Waals surface area contributed by atoms with Crippen molar-refractivity contribution >= 4 is 38.4 Å². The minimum Gasteiger partial charge on any atom is -0.459 e. The van der Waals surface area contributed by atoms with Gasteiger partial charge >= 0.3 is 0 Å². The van der Waals surface area contributed by atoms with Crippen LogP contribution in [0, 0.1) is 11.8 Å². The molecule has 2 aromatic carbocycles. The molecule has 0 saturated carbocycles. The molecule has 5 rings (SSSR count). The van der Waals surface area contributed by atoms with Gasteiger partial charge in [0, 0.05) is 44.4 Å². The zero-order chi connectivity index (χ0) is 31.3. The number of hydrogen-bond acceptors (Lipinski definition) is 6. The molecule has 1 amide bonds. The van der Waals surface area contributed by atoms with Crippen molar-refractivity contribution in [2.75, 3.05) is 11.0 Å². The number of amides is 1. The summed E-state index contributed by atoms with van der Waals surface area (Å²) < 4.78 is 32.4. The average molecular weight is 598 g/mol. The molecule has 43 heavy (non-hydrogen) atoms. The lowest BCUT2D eigenvalue weighted by Crippen LogP contribution is -2.40. The van der Waals surface area contributed by atoms with Crippen LogP contribution in [0.3, 0.4) is 0 Å². The number of pyridine rings is 1. The molecular weight excluding hydrogens is 562 g/mol. The Morgan fingerprint density at radius 3 is 2.47 bits per heavy atom. The molecule has 0 radical (unpaired) electrons. The predicted octanol–water partition coefficient (Wildman–Crippen LogP) is 5.95. The third kappa shape index (κ3) is 6.20. The molecule has 2 heterocycles. The molecular formula is C34H35N3O5S. The van der Waals surface area contributed by atoms with Crippen molar-refractivity contribution in [2.24, 2.45) is 0 Å². The number of nitrogens with zero attached hydrogens (tertiary/aromatic N) is 1. The third-order valence-corrected chi connectivity index (χ3v) is 7.80. The normalized spacial score (nSPS) is 14.0. The number of hydrogen-bond donors (Lipinski definition) is 2. The van der Waals surface area contributed by atoms with Crippen molar-refractivity contribution in [1.29, 1.82) is 0 Å². The van der Waals surface area contributed by atoms with Gasteiger partial charge in [-0.25, -0.2) is 13.4 Å². The highest BCUT2D eigenvalue weighted by Gasteiger charge is 2.41. The molecule has 2 aromatic heterocycles. The van der Waals surface area contributed by atoms with Crippen molar-refractivity contribution < 1.29 is 22.4 Å². The SMILES string of the molecule is CCCc1cc(C(=O)NC(C)(C)C)cc(C#Cc2ccc3c4c(oc3c2)C(C)(C)c2cc(NS(C)(=O)=O)ccc2C4=O)n1. The molecule has 222 valence electrons. The van der Waals surface area contributed by atoms with Crippen LogP contribution < -0.4 is 10.0 Å². The fraction of sp³-hybridized carbons (Fsp3) is 0.324. The van der Waals surface area contributed by atoms with E-state index in [1.54, 1.807) is 30.3 Å². The third-order valence-electron chi connectivity index (χ3n) is 7.20. The Bertz CT molecular complexity index is 1970. The highest BCUT2D eigenvalue weighted by molar-refractivity contribution is 7.92. The quantitative estimate of drug-likeness (QED) is 0.275. The largest absolute Gasteiger partial charge is 0.459 e. The van der Waals surface area contributed by atoms with E-state index in [2.05, 4.69) is 33.8 Å². The average Bonchev–Trinajstić information content (AvgIpc) is 3.29. The standard InChI is InChI=1S/C34H35N3O5S/c1-8-9-22-17-21(32(39)36-33(2,3)4)18-23(35-22)12-10-20-11-14-26-28(16-20)42-31-29(26)30(38)25-15-13-24(37-43(7,40)41)19-27(25)34(31,5)6/h11,13-19,37H,8-9H2,1-7H3,(H,36,39). The highest BCUT2D eigenvalue weighted by atomic mass is 32.2. The van der Waals surface area contributed by atoms with Gasteiger partial charge in [-0.2, -0.15) is 0 Å². The van der Waals surface area contributed by atoms with Gasteiger partial charge in [0.15, 0.2) is 5.78 Å². The molecule has 8 nitrogen and oxygen atoms in total. The summed E-state index contributed by atoms with van der Waals surface area (Å²) in [6.07, 6.45) is 2.70. The molecule has 0 unspecified atom stereocenters. The van der Waals surface area contributed by atoms with E-state index in [1.807, 2.05) is 52.8 Å². The summed E-state index contributed by atoms with van der Waals surface area (Å²) in [4.78, 5) is 31.2. The number of sulfonamides is 1. The lowest BCUT2D eigenvalue weighted by molar-refractivity contribution is 0.0918. The van der Waals surface area contributed by atoms with Crippen molar-refractivity contribution in [3.8, 4) is 11.8 Å². The van der Waals surface area contributed by atoms with Crippen molar-refractivity contribution in [3.63, 3.8) is 0 Å². The smallest absolute Gasteiger partial charge is 0.251 e. The monoisotopic (exact) mass is 597 g/mol. The second-order valence-corrected chi connectivity index (χ2v) is 14.3. The first-order chi connectivity index (χ1) is 20.1. The number of furan rings is 1. The van der Waals surface area contributed by atoms with Crippen LogP contribution >= 0.6 is 0 Å². The van der Waals surface area contributed by atoms with Crippen LogP contribution in [0.25, 0.3) is 11.0 Å². The lowest BCUT2D eigenvalue weighted by atomic mass is 9.71. The Morgan fingerprint density at radius 2 is 1.79 bits per heavy atom. The number of anilines is 1. The Balaban J connectivity index is 1.52. The molecule has 2 N–H and O–H groups in total. The number of carbonyl (C=O) groups is 2. The van der Waals surface area contributed by atoms with Gasteiger partial charge in [-0.1, -0.05) is 19.3 Å². The molecule has 9 heteroatoms. The van der Waals surface area contributed by atoms with E-state index in [0.29, 0.717) is 55.9 Å². The van der Waals surface area contributed by atoms with Crippen LogP contribution in [0.4, 0.5) is 5.69 Å². The van der Waals surface area contributed by atoms with Crippen LogP contribution in [-0.2, 0) is 21.9 Å². The van der Waals surface area contributed by atoms with Gasteiger partial charge in [0.2, 0.25) is 10.0 Å². The van der Waals surface area contributed by atoms with E-state index >= 15 is 0 Å². The topological polar surface area (TPSA) is 118 Å². The molecule has 0 aliphatic heterocycles. The first-order valence-electron chi connectivity index (χ1n) is 14.2. The van der Waals surface area contributed by atoms with Gasteiger partial charge < -0.3 is 9.73 Å². The van der Waals surface area contributed by atoms with Gasteiger partial charge in [-0.15, -0.1) is 0 Å². The Kier molecular flexibility index (Phi) is 7.47. The lowest BCUT2D eigenvalue weighted by Gasteiger charge is -2.31. The van der Waals surface area contributed by atoms with Gasteiger partial charge in [0.1, 0.15) is 17.0 Å². The van der Waals surface area contributed by atoms with Crippen LogP contribution in [0.2, 0.25) is 0 Å². The van der Waals surface area contributed by atoms with E-state index in [1.165, 1.54) is 0 Å². The van der Waals surface area contributed by atoms with Gasteiger partial charge in [-0.05, 0) is 101 Å². The first kappa shape index (κ1) is 30.1. The maximum absolute atomic E-state index is 13.7. The van der Waals surface area contributed by atoms with E-state index in [0.717, 1.165) is 24.8 Å². The summed E-state index contributed by atoms with van der Waals surface area (Å²) >= 11 is 0. The number of benzene rings is 2. The summed E-state index contributed by atoms with van der Waals surface area (Å²) in [5.41, 5.74) is 4.01. The first-order valence-corrected chi connectivity index (χ1v) is 16.0. The number of carbonyl (C=O) groups excluding carboxylic acids is 2. The fourth-order valence-electron chi connectivity index (χ4n) is 5.35. The zero-order valence-corrected chi connectivity index (χ0v) is 26.2. The van der Waals surface area contributed by atoms with Crippen LogP contribution in [0.15, 0.2) is 52.9 Å². The number of nitrogens with one attached hydrogen (secondary N) is 2. The zero-order valence-electron chi connectivity index (χ0n) is 25.4. The summed E-state index contributed by atoms with van der Waals surface area (Å²) in [5.74, 6) is 6.41. The van der Waals surface area contributed by atoms with Crippen LogP contribution in [-0.4, -0.2) is 36.9 Å². The number of fused-ring (bicyclic) bond motifs is 4. The minimum absolute atomic E-state index is 0.175. The molecule has 4 aromatic rings. The maximum atomic E-state index is 13.7. The Labute approximate surface area is 252 Å². The van der Waals surface area contributed by atoms with Gasteiger partial charge in [0.25, 0.3) is 5.91 Å². The summed E-state index contributed by atoms with van der Waals surface area (Å²) in [6.45, 7) is 11.8. The maximum Gasteiger partial charge on any atom is 0.251 e. The Morgan fingerprint density at radius 1 is 1.05 bits per heavy atom. The second-order valence-electron chi connectivity index (χ2n) is 12.5. The summed E-state index contributed by atoms with van der Waals surface area (Å²) in [5, 5.41) is 3.68. The number of aromatic nitrogens is 1. The van der Waals surface area contributed by atoms with Gasteiger partial charge in [-0.3, -0.25) is 14.3 Å². The molecule has 0 saturated heterocycles. The van der Waals surface area contributed by atoms with Crippen molar-refractivity contribution in [1.82, 2.24) is 10.3 Å². The van der Waals surface area contributed by atoms with Crippen LogP contribution in [0.1, 0.15) is 103 Å². The van der Waals surface area contributed by atoms with E-state index in [4.69, 9.17) is 4.42 Å². The van der Waals surface area contributed by atoms with Crippen molar-refractivity contribution in [2.45, 2.75) is 65.3 Å². The number of rotatable bonds is 5. The van der Waals surface area contributed by atoms with E-state index in [-0.39, 0.29) is 17.2 Å². The molecule has 0 fully saturated rings. The van der Waals surface area contributed by atoms with E-state index in [9.17, 15) is 18.0 Å². The van der Waals surface area contributed by atoms with E-state index < -0.39 is 15.4 Å². The van der Waals surface area contributed by atoms with Crippen molar-refractivity contribution in [3.05, 3.63) is 93.5 Å². The fourth-order valence-corrected chi connectivity index (χ4v) is 5.90. The molecule has 0 spiro atoms. The van der Waals surface area contributed by atoms with Gasteiger partial charge in [0.05, 0.1) is 11.8 Å². The predicted molar refractivity (Wildman–Crippen MR) is 168 cm³/mol. The summed E-state index contributed by atoms with van der Waals surface area (Å²) in [6, 6.07) is 13.9.